The van der Waals surface area contributed by atoms with Gasteiger partial charge in [-0.25, -0.2) is 0 Å². The molecule has 0 saturated heterocycles. The maximum atomic E-state index is 8.75. The number of hydrogen-bond donors (Lipinski definition) is 0. The Kier molecular flexibility index (Phi) is 2.39. The lowest BCUT2D eigenvalue weighted by Crippen LogP contribution is -2.05. The number of aryl methyl sites for hydroxylation is 1. The van der Waals surface area contributed by atoms with Gasteiger partial charge in [0.15, 0.2) is 0 Å². The molecule has 0 bridgehead atoms. The summed E-state index contributed by atoms with van der Waals surface area (Å²) in [5.41, 5.74) is 2.00. The molecule has 2 radical (unpaired) electrons. The third-order valence-electron chi connectivity index (χ3n) is 1.65. The highest BCUT2D eigenvalue weighted by atomic mass is 16.5. The quantitative estimate of drug-likeness (QED) is 0.561. The lowest BCUT2D eigenvalue weighted by atomic mass is 9.92. The van der Waals surface area contributed by atoms with Crippen LogP contribution in [0.3, 0.4) is 0 Å². The summed E-state index contributed by atoms with van der Waals surface area (Å²) in [6, 6.07) is 5.46. The van der Waals surface area contributed by atoms with Gasteiger partial charge in [-0.3, -0.25) is 0 Å². The first-order valence-electron chi connectivity index (χ1n) is 3.53. The van der Waals surface area contributed by atoms with E-state index in [0.29, 0.717) is 16.8 Å². The summed E-state index contributed by atoms with van der Waals surface area (Å²) in [7, 11) is 7.09. The second-order valence-electron chi connectivity index (χ2n) is 2.53. The molecule has 0 atom stereocenters. The average Bonchev–Trinajstić information content (AvgIpc) is 2.03. The number of hydrogen-bond acceptors (Lipinski definition) is 2. The zero-order valence-electron chi connectivity index (χ0n) is 7.09. The summed E-state index contributed by atoms with van der Waals surface area (Å²) in [5.74, 6) is 0.537. The van der Waals surface area contributed by atoms with Crippen molar-refractivity contribution in [1.29, 1.82) is 5.26 Å². The second-order valence-corrected chi connectivity index (χ2v) is 2.53. The van der Waals surface area contributed by atoms with Gasteiger partial charge in [0.1, 0.15) is 19.7 Å². The lowest BCUT2D eigenvalue weighted by molar-refractivity contribution is 0.413. The molecule has 0 aromatic heterocycles. The molecule has 0 aliphatic carbocycles. The fourth-order valence-electron chi connectivity index (χ4n) is 1.09. The number of ether oxygens (including phenoxy) is 1. The van der Waals surface area contributed by atoms with Crippen molar-refractivity contribution in [1.82, 2.24) is 0 Å². The molecule has 2 nitrogen and oxygen atoms in total. The van der Waals surface area contributed by atoms with E-state index in [0.717, 1.165) is 5.56 Å². The first-order valence-corrected chi connectivity index (χ1v) is 3.53. The monoisotopic (exact) mass is 157 g/mol. The van der Waals surface area contributed by atoms with E-state index in [4.69, 9.17) is 17.8 Å². The van der Waals surface area contributed by atoms with Crippen molar-refractivity contribution in [3.05, 3.63) is 23.3 Å². The van der Waals surface area contributed by atoms with Gasteiger partial charge in [0.2, 0.25) is 0 Å². The highest BCUT2D eigenvalue weighted by Crippen LogP contribution is 2.18. The summed E-state index contributed by atoms with van der Waals surface area (Å²) < 4.78 is 5.00. The number of rotatable bonds is 1. The van der Waals surface area contributed by atoms with Crippen LogP contribution in [0, 0.1) is 18.3 Å². The van der Waals surface area contributed by atoms with Crippen molar-refractivity contribution in [2.75, 3.05) is 7.11 Å². The van der Waals surface area contributed by atoms with Crippen LogP contribution >= 0.6 is 0 Å². The molecule has 58 valence electrons. The Hall–Kier alpha value is -1.43. The minimum absolute atomic E-state index is 0.537. The molecular formula is C9H8BNO. The molecule has 1 aromatic carbocycles. The van der Waals surface area contributed by atoms with E-state index < -0.39 is 0 Å². The number of nitrogens with zero attached hydrogens (tertiary/aromatic N) is 1. The third-order valence-corrected chi connectivity index (χ3v) is 1.65. The number of benzene rings is 1. The van der Waals surface area contributed by atoms with Crippen molar-refractivity contribution in [2.24, 2.45) is 0 Å². The molecule has 3 heteroatoms. The zero-order valence-corrected chi connectivity index (χ0v) is 7.09. The Morgan fingerprint density at radius 2 is 2.17 bits per heavy atom. The third kappa shape index (κ3) is 1.43. The Morgan fingerprint density at radius 3 is 2.67 bits per heavy atom. The Labute approximate surface area is 73.2 Å². The predicted octanol–water partition coefficient (Wildman–Crippen LogP) is 0.669. The maximum absolute atomic E-state index is 8.75. The fraction of sp³-hybridized carbons (Fsp3) is 0.222. The van der Waals surface area contributed by atoms with Crippen LogP contribution in [0.15, 0.2) is 12.1 Å². The maximum Gasteiger partial charge on any atom is 0.136 e. The van der Waals surface area contributed by atoms with Crippen molar-refractivity contribution in [3.63, 3.8) is 0 Å². The van der Waals surface area contributed by atoms with E-state index in [1.807, 2.05) is 6.92 Å². The summed E-state index contributed by atoms with van der Waals surface area (Å²) >= 11 is 0. The average molecular weight is 157 g/mol. The summed E-state index contributed by atoms with van der Waals surface area (Å²) in [4.78, 5) is 0. The minimum Gasteiger partial charge on any atom is -0.495 e. The van der Waals surface area contributed by atoms with Gasteiger partial charge < -0.3 is 4.74 Å². The van der Waals surface area contributed by atoms with Gasteiger partial charge in [-0.1, -0.05) is 11.5 Å². The Morgan fingerprint density at radius 1 is 1.50 bits per heavy atom. The van der Waals surface area contributed by atoms with Crippen LogP contribution in [0.4, 0.5) is 0 Å². The summed E-state index contributed by atoms with van der Waals surface area (Å²) in [6.07, 6.45) is 0. The number of methoxy groups -OCH3 is 1. The molecule has 0 spiro atoms. The molecule has 0 unspecified atom stereocenters. The smallest absolute Gasteiger partial charge is 0.136 e. The van der Waals surface area contributed by atoms with E-state index in [-0.39, 0.29) is 0 Å². The van der Waals surface area contributed by atoms with Crippen molar-refractivity contribution in [2.45, 2.75) is 6.92 Å². The SMILES string of the molecule is [B]c1cc(C)c(C#N)c(OC)c1. The van der Waals surface area contributed by atoms with Crippen molar-refractivity contribution >= 4 is 13.3 Å². The fourth-order valence-corrected chi connectivity index (χ4v) is 1.09. The van der Waals surface area contributed by atoms with Crippen LogP contribution in [-0.2, 0) is 0 Å². The van der Waals surface area contributed by atoms with E-state index in [1.165, 1.54) is 7.11 Å². The van der Waals surface area contributed by atoms with Gasteiger partial charge in [-0.05, 0) is 18.6 Å². The van der Waals surface area contributed by atoms with Crippen LogP contribution < -0.4 is 10.2 Å². The van der Waals surface area contributed by atoms with Crippen molar-refractivity contribution in [3.8, 4) is 11.8 Å². The normalized spacial score (nSPS) is 9.08. The van der Waals surface area contributed by atoms with Gasteiger partial charge >= 0.3 is 0 Å². The molecule has 12 heavy (non-hydrogen) atoms. The van der Waals surface area contributed by atoms with Crippen LogP contribution in [-0.4, -0.2) is 15.0 Å². The highest BCUT2D eigenvalue weighted by Gasteiger charge is 2.05. The van der Waals surface area contributed by atoms with Crippen LogP contribution in [0.1, 0.15) is 11.1 Å². The lowest BCUT2D eigenvalue weighted by Gasteiger charge is -2.06. The summed E-state index contributed by atoms with van der Waals surface area (Å²) in [6.45, 7) is 1.83. The van der Waals surface area contributed by atoms with Crippen LogP contribution in [0.25, 0.3) is 0 Å². The molecule has 0 aliphatic rings. The van der Waals surface area contributed by atoms with E-state index in [2.05, 4.69) is 6.07 Å². The first kappa shape index (κ1) is 8.67. The van der Waals surface area contributed by atoms with E-state index in [9.17, 15) is 0 Å². The van der Waals surface area contributed by atoms with Crippen molar-refractivity contribution < 1.29 is 4.74 Å². The van der Waals surface area contributed by atoms with Gasteiger partial charge in [-0.15, -0.1) is 0 Å². The molecular weight excluding hydrogens is 149 g/mol. The number of nitriles is 1. The second kappa shape index (κ2) is 3.31. The van der Waals surface area contributed by atoms with Gasteiger partial charge in [0, 0.05) is 0 Å². The Bertz CT molecular complexity index is 341. The van der Waals surface area contributed by atoms with E-state index in [1.54, 1.807) is 12.1 Å². The highest BCUT2D eigenvalue weighted by molar-refractivity contribution is 6.32. The first-order chi connectivity index (χ1) is 5.69. The Balaban J connectivity index is 3.36. The summed E-state index contributed by atoms with van der Waals surface area (Å²) in [5, 5.41) is 8.75. The molecule has 0 fully saturated rings. The van der Waals surface area contributed by atoms with Gasteiger partial charge in [0.05, 0.1) is 12.7 Å². The molecule has 0 saturated carbocycles. The predicted molar refractivity (Wildman–Crippen MR) is 47.8 cm³/mol. The standard InChI is InChI=1S/C9H8BNO/c1-6-3-7(10)4-9(12-2)8(6)5-11/h3-4H,1-2H3. The van der Waals surface area contributed by atoms with Crippen LogP contribution in [0.5, 0.6) is 5.75 Å². The molecule has 0 amide bonds. The van der Waals surface area contributed by atoms with Crippen LogP contribution in [0.2, 0.25) is 0 Å². The zero-order chi connectivity index (χ0) is 9.14. The topological polar surface area (TPSA) is 33.0 Å². The molecule has 0 aliphatic heterocycles. The molecule has 0 N–H and O–H groups in total. The van der Waals surface area contributed by atoms with Gasteiger partial charge in [-0.2, -0.15) is 5.26 Å². The molecule has 1 rings (SSSR count). The van der Waals surface area contributed by atoms with Gasteiger partial charge in [0.25, 0.3) is 0 Å². The molecule has 1 aromatic rings. The minimum atomic E-state index is 0.537. The largest absolute Gasteiger partial charge is 0.495 e. The van der Waals surface area contributed by atoms with E-state index >= 15 is 0 Å². The molecule has 0 heterocycles.